The fourth-order valence-corrected chi connectivity index (χ4v) is 9.83. The molecule has 0 atom stereocenters. The Morgan fingerprint density at radius 2 is 1.78 bits per heavy atom. The standard InChI is InChI=1S/C46H51ClF2N8O6S/c1-46(2)13-11-33(40(22-46)31-3-5-34(47)6-4-31)29-54-15-17-55(18-16-54)35-7-9-39(43(20-35)63-37-19-32-12-14-50-44(32)52-26-37)45(58)53-64(61,62)38-8-10-41(42(21-38)57(59)60)51-25-30-27-56(28-30)36(23-48)24-49/h3-10,12,14,19-21,26,30,36,51H,11,13,15-18,22-25,27-29H2,1-2H3,(H,50,52)(H,53,58). The van der Waals surface area contributed by atoms with E-state index in [2.05, 4.69) is 55.8 Å². The van der Waals surface area contributed by atoms with Crippen LogP contribution in [-0.2, 0) is 10.0 Å². The number of nitro benzene ring substituents is 1. The number of hydrogen-bond donors (Lipinski definition) is 3. The predicted molar refractivity (Wildman–Crippen MR) is 244 cm³/mol. The number of anilines is 2. The number of carbonyl (C=O) groups is 1. The van der Waals surface area contributed by atoms with Crippen molar-refractivity contribution in [1.82, 2.24) is 24.5 Å². The second-order valence-electron chi connectivity index (χ2n) is 17.6. The smallest absolute Gasteiger partial charge is 0.293 e. The number of fused-ring (bicyclic) bond motifs is 1. The number of pyridine rings is 1. The molecule has 1 amide bonds. The number of piperazine rings is 1. The van der Waals surface area contributed by atoms with E-state index < -0.39 is 50.8 Å². The van der Waals surface area contributed by atoms with Gasteiger partial charge < -0.3 is 19.9 Å². The minimum atomic E-state index is -4.63. The molecule has 0 spiro atoms. The predicted octanol–water partition coefficient (Wildman–Crippen LogP) is 8.47. The van der Waals surface area contributed by atoms with E-state index in [1.165, 1.54) is 41.1 Å². The van der Waals surface area contributed by atoms with Gasteiger partial charge in [0.05, 0.1) is 27.6 Å². The average Bonchev–Trinajstić information content (AvgIpc) is 3.73. The summed E-state index contributed by atoms with van der Waals surface area (Å²) in [6, 6.07) is 19.2. The maximum Gasteiger partial charge on any atom is 0.293 e. The van der Waals surface area contributed by atoms with Crippen LogP contribution < -0.4 is 19.7 Å². The van der Waals surface area contributed by atoms with Crippen molar-refractivity contribution < 1.29 is 31.7 Å². The Bertz CT molecular complexity index is 2660. The molecule has 3 N–H and O–H groups in total. The monoisotopic (exact) mass is 916 g/mol. The summed E-state index contributed by atoms with van der Waals surface area (Å²) in [4.78, 5) is 38.6. The molecule has 0 unspecified atom stereocenters. The normalized spacial score (nSPS) is 17.4. The molecule has 2 aromatic heterocycles. The highest BCUT2D eigenvalue weighted by Crippen LogP contribution is 2.43. The molecule has 2 saturated heterocycles. The number of H-pyrrole nitrogens is 1. The van der Waals surface area contributed by atoms with Crippen LogP contribution in [0.25, 0.3) is 16.6 Å². The van der Waals surface area contributed by atoms with Crippen LogP contribution in [0.1, 0.15) is 49.0 Å². The number of likely N-dealkylation sites (tertiary alicyclic amines) is 1. The lowest BCUT2D eigenvalue weighted by molar-refractivity contribution is -0.384. The topological polar surface area (TPSA) is 166 Å². The Kier molecular flexibility index (Phi) is 13.2. The molecule has 64 heavy (non-hydrogen) atoms. The van der Waals surface area contributed by atoms with Gasteiger partial charge in [0.25, 0.3) is 21.6 Å². The fourth-order valence-electron chi connectivity index (χ4n) is 8.72. The summed E-state index contributed by atoms with van der Waals surface area (Å²) in [6.45, 7) is 8.01. The van der Waals surface area contributed by atoms with Gasteiger partial charge in [-0.1, -0.05) is 43.2 Å². The van der Waals surface area contributed by atoms with Crippen molar-refractivity contribution in [1.29, 1.82) is 0 Å². The maximum absolute atomic E-state index is 13.9. The van der Waals surface area contributed by atoms with Crippen LogP contribution in [0.3, 0.4) is 0 Å². The Hall–Kier alpha value is -5.62. The van der Waals surface area contributed by atoms with Gasteiger partial charge >= 0.3 is 0 Å². The van der Waals surface area contributed by atoms with Gasteiger partial charge in [-0.2, -0.15) is 0 Å². The first-order valence-corrected chi connectivity index (χ1v) is 23.2. The number of amides is 1. The summed E-state index contributed by atoms with van der Waals surface area (Å²) >= 11 is 6.23. The molecule has 3 aromatic carbocycles. The highest BCUT2D eigenvalue weighted by molar-refractivity contribution is 7.90. The zero-order valence-electron chi connectivity index (χ0n) is 35.7. The Morgan fingerprint density at radius 1 is 1.03 bits per heavy atom. The molecule has 0 radical (unpaired) electrons. The van der Waals surface area contributed by atoms with E-state index in [1.54, 1.807) is 29.3 Å². The van der Waals surface area contributed by atoms with Crippen molar-refractivity contribution in [3.8, 4) is 11.5 Å². The van der Waals surface area contributed by atoms with E-state index in [9.17, 15) is 32.1 Å². The quantitative estimate of drug-likeness (QED) is 0.0642. The van der Waals surface area contributed by atoms with Crippen LogP contribution in [0.2, 0.25) is 5.02 Å². The van der Waals surface area contributed by atoms with Gasteiger partial charge in [-0.3, -0.25) is 24.7 Å². The SMILES string of the molecule is CC1(C)CCC(CN2CCN(c3ccc(C(=O)NS(=O)(=O)c4ccc(NCC5CN(C(CF)CF)C5)c([N+](=O)[O-])c4)c(Oc4cnc5[nH]ccc5c4)c3)CC2)=C(c2ccc(Cl)cc2)C1. The molecular weight excluding hydrogens is 866 g/mol. The summed E-state index contributed by atoms with van der Waals surface area (Å²) in [5.74, 6) is -0.592. The molecule has 338 valence electrons. The number of hydrogen-bond acceptors (Lipinski definition) is 11. The Morgan fingerprint density at radius 3 is 2.50 bits per heavy atom. The van der Waals surface area contributed by atoms with E-state index >= 15 is 0 Å². The van der Waals surface area contributed by atoms with Gasteiger partial charge in [0.15, 0.2) is 0 Å². The van der Waals surface area contributed by atoms with Crippen molar-refractivity contribution in [2.24, 2.45) is 11.3 Å². The molecule has 14 nitrogen and oxygen atoms in total. The van der Waals surface area contributed by atoms with Gasteiger partial charge in [0, 0.05) is 92.7 Å². The molecule has 1 aliphatic carbocycles. The van der Waals surface area contributed by atoms with Crippen molar-refractivity contribution >= 4 is 61.2 Å². The maximum atomic E-state index is 13.9. The first-order valence-electron chi connectivity index (χ1n) is 21.3. The third kappa shape index (κ3) is 10.2. The number of nitrogens with one attached hydrogen (secondary N) is 3. The van der Waals surface area contributed by atoms with Crippen LogP contribution in [-0.4, -0.2) is 111 Å². The van der Waals surface area contributed by atoms with Gasteiger partial charge in [0.1, 0.15) is 36.2 Å². The minimum absolute atomic E-state index is 0.0111. The highest BCUT2D eigenvalue weighted by Gasteiger charge is 2.34. The molecule has 0 saturated carbocycles. The number of benzene rings is 3. The van der Waals surface area contributed by atoms with Crippen molar-refractivity contribution in [2.45, 2.75) is 44.0 Å². The molecule has 3 aliphatic rings. The van der Waals surface area contributed by atoms with Crippen molar-refractivity contribution in [2.75, 3.05) is 75.9 Å². The molecule has 18 heteroatoms. The second-order valence-corrected chi connectivity index (χ2v) is 19.7. The number of aromatic nitrogens is 2. The van der Waals surface area contributed by atoms with E-state index in [0.717, 1.165) is 56.0 Å². The van der Waals surface area contributed by atoms with Gasteiger partial charge in [-0.15, -0.1) is 0 Å². The van der Waals surface area contributed by atoms with E-state index in [-0.39, 0.29) is 34.9 Å². The number of aromatic amines is 1. The number of nitro groups is 1. The average molecular weight is 917 g/mol. The number of allylic oxidation sites excluding steroid dienone is 1. The van der Waals surface area contributed by atoms with E-state index in [0.29, 0.717) is 42.6 Å². The zero-order chi connectivity index (χ0) is 45.2. The Balaban J connectivity index is 0.982. The number of carbonyl (C=O) groups excluding carboxylic acids is 1. The van der Waals surface area contributed by atoms with Gasteiger partial charge in [0.2, 0.25) is 0 Å². The lowest BCUT2D eigenvalue weighted by Gasteiger charge is -2.42. The summed E-state index contributed by atoms with van der Waals surface area (Å²) in [6.07, 6.45) is 6.39. The number of alkyl halides is 2. The fraction of sp³-hybridized carbons (Fsp3) is 0.391. The van der Waals surface area contributed by atoms with Gasteiger partial charge in [-0.05, 0) is 84.3 Å². The van der Waals surface area contributed by atoms with Crippen LogP contribution >= 0.6 is 11.6 Å². The second kappa shape index (κ2) is 18.8. The summed E-state index contributed by atoms with van der Waals surface area (Å²) in [5.41, 5.74) is 5.17. The van der Waals surface area contributed by atoms with Crippen molar-refractivity contribution in [3.05, 3.63) is 117 Å². The number of rotatable bonds is 16. The van der Waals surface area contributed by atoms with E-state index in [4.69, 9.17) is 16.3 Å². The third-order valence-corrected chi connectivity index (χ3v) is 14.1. The highest BCUT2D eigenvalue weighted by atomic mass is 35.5. The van der Waals surface area contributed by atoms with Crippen LogP contribution in [0, 0.1) is 21.4 Å². The molecule has 8 rings (SSSR count). The minimum Gasteiger partial charge on any atom is -0.455 e. The lowest BCUT2D eigenvalue weighted by Crippen LogP contribution is -2.55. The molecular formula is C46H51ClF2N8O6S. The summed E-state index contributed by atoms with van der Waals surface area (Å²) < 4.78 is 61.9. The van der Waals surface area contributed by atoms with Crippen LogP contribution in [0.15, 0.2) is 95.7 Å². The third-order valence-electron chi connectivity index (χ3n) is 12.5. The zero-order valence-corrected chi connectivity index (χ0v) is 37.2. The molecule has 5 aromatic rings. The van der Waals surface area contributed by atoms with Crippen LogP contribution in [0.5, 0.6) is 11.5 Å². The number of halogens is 3. The van der Waals surface area contributed by atoms with Crippen molar-refractivity contribution in [3.63, 3.8) is 0 Å². The molecule has 2 fully saturated rings. The number of nitrogens with zero attached hydrogens (tertiary/aromatic N) is 5. The Labute approximate surface area is 375 Å². The first-order chi connectivity index (χ1) is 30.7. The largest absolute Gasteiger partial charge is 0.455 e. The van der Waals surface area contributed by atoms with Gasteiger partial charge in [-0.25, -0.2) is 26.9 Å². The molecule has 2 aliphatic heterocycles. The molecule has 4 heterocycles. The summed E-state index contributed by atoms with van der Waals surface area (Å²) in [5, 5.41) is 16.6. The molecule has 0 bridgehead atoms. The number of sulfonamides is 1. The van der Waals surface area contributed by atoms with Crippen LogP contribution in [0.4, 0.5) is 25.8 Å². The van der Waals surface area contributed by atoms with E-state index in [1.807, 2.05) is 18.2 Å². The summed E-state index contributed by atoms with van der Waals surface area (Å²) in [7, 11) is -4.63. The first kappa shape index (κ1) is 45.0. The number of ether oxygens (including phenoxy) is 1. The lowest BCUT2D eigenvalue weighted by atomic mass is 9.72.